The Morgan fingerprint density at radius 1 is 1.61 bits per heavy atom. The maximum atomic E-state index is 12.1. The molecule has 1 amide bonds. The summed E-state index contributed by atoms with van der Waals surface area (Å²) < 4.78 is 0. The summed E-state index contributed by atoms with van der Waals surface area (Å²) in [4.78, 5) is 16.2. The normalized spacial score (nSPS) is 23.7. The van der Waals surface area contributed by atoms with Gasteiger partial charge in [-0.25, -0.2) is 0 Å². The summed E-state index contributed by atoms with van der Waals surface area (Å²) in [6, 6.07) is 1.91. The number of amides is 1. The van der Waals surface area contributed by atoms with Crippen molar-refractivity contribution in [3.05, 3.63) is 29.6 Å². The molecular formula is C14H21N3O. The summed E-state index contributed by atoms with van der Waals surface area (Å²) in [6.07, 6.45) is 5.87. The second-order valence-corrected chi connectivity index (χ2v) is 5.07. The van der Waals surface area contributed by atoms with Gasteiger partial charge in [0, 0.05) is 18.9 Å². The minimum atomic E-state index is -0.0408. The minimum Gasteiger partial charge on any atom is -0.351 e. The molecule has 18 heavy (non-hydrogen) atoms. The Balaban J connectivity index is 1.90. The Bertz CT molecular complexity index is 419. The molecule has 1 aliphatic rings. The smallest absolute Gasteiger partial charge is 0.237 e. The molecule has 4 heteroatoms. The molecule has 2 rings (SSSR count). The van der Waals surface area contributed by atoms with E-state index in [0.29, 0.717) is 12.5 Å². The van der Waals surface area contributed by atoms with Gasteiger partial charge in [0.15, 0.2) is 0 Å². The van der Waals surface area contributed by atoms with Crippen LogP contribution in [0.15, 0.2) is 18.5 Å². The molecule has 0 bridgehead atoms. The summed E-state index contributed by atoms with van der Waals surface area (Å²) in [5.74, 6) is 0.524. The number of pyridine rings is 1. The third kappa shape index (κ3) is 3.07. The van der Waals surface area contributed by atoms with E-state index in [1.165, 1.54) is 0 Å². The number of hydrogen-bond acceptors (Lipinski definition) is 3. The molecule has 1 aromatic heterocycles. The highest BCUT2D eigenvalue weighted by Crippen LogP contribution is 2.15. The molecular weight excluding hydrogens is 226 g/mol. The Morgan fingerprint density at radius 3 is 3.17 bits per heavy atom. The van der Waals surface area contributed by atoms with Crippen molar-refractivity contribution < 1.29 is 4.79 Å². The number of carbonyl (C=O) groups is 1. The number of carbonyl (C=O) groups excluding carboxylic acids is 1. The lowest BCUT2D eigenvalue weighted by Gasteiger charge is -2.29. The van der Waals surface area contributed by atoms with Crippen molar-refractivity contribution in [3.63, 3.8) is 0 Å². The standard InChI is InChI=1S/C14H21N3O/c1-10-4-3-6-16-13(10)14(18)17-9-12-5-7-15-8-11(12)2/h5,7-8,10,13,16H,3-4,6,9H2,1-2H3,(H,17,18). The lowest BCUT2D eigenvalue weighted by atomic mass is 9.92. The van der Waals surface area contributed by atoms with E-state index in [4.69, 9.17) is 0 Å². The van der Waals surface area contributed by atoms with Crippen molar-refractivity contribution in [2.75, 3.05) is 6.54 Å². The Hall–Kier alpha value is -1.42. The molecule has 1 aromatic rings. The molecule has 0 radical (unpaired) electrons. The molecule has 2 atom stereocenters. The maximum Gasteiger partial charge on any atom is 0.237 e. The summed E-state index contributed by atoms with van der Waals surface area (Å²) in [5, 5.41) is 6.31. The zero-order valence-electron chi connectivity index (χ0n) is 11.1. The van der Waals surface area contributed by atoms with Crippen LogP contribution in [0.25, 0.3) is 0 Å². The molecule has 4 nitrogen and oxygen atoms in total. The molecule has 98 valence electrons. The average molecular weight is 247 g/mol. The van der Waals surface area contributed by atoms with Crippen molar-refractivity contribution in [1.82, 2.24) is 15.6 Å². The SMILES string of the molecule is Cc1cnccc1CNC(=O)C1NCCCC1C. The number of nitrogens with zero attached hydrogens (tertiary/aromatic N) is 1. The van der Waals surface area contributed by atoms with Gasteiger partial charge >= 0.3 is 0 Å². The van der Waals surface area contributed by atoms with Gasteiger partial charge in [-0.05, 0) is 49.4 Å². The number of aromatic nitrogens is 1. The van der Waals surface area contributed by atoms with Crippen molar-refractivity contribution in [2.24, 2.45) is 5.92 Å². The first-order valence-electron chi connectivity index (χ1n) is 6.59. The van der Waals surface area contributed by atoms with Crippen molar-refractivity contribution >= 4 is 5.91 Å². The lowest BCUT2D eigenvalue weighted by molar-refractivity contribution is -0.125. The van der Waals surface area contributed by atoms with Crippen molar-refractivity contribution in [2.45, 2.75) is 39.3 Å². The fraction of sp³-hybridized carbons (Fsp3) is 0.571. The van der Waals surface area contributed by atoms with Crippen LogP contribution in [0.5, 0.6) is 0 Å². The monoisotopic (exact) mass is 247 g/mol. The number of aryl methyl sites for hydroxylation is 1. The fourth-order valence-corrected chi connectivity index (χ4v) is 2.39. The maximum absolute atomic E-state index is 12.1. The average Bonchev–Trinajstić information content (AvgIpc) is 2.38. The second-order valence-electron chi connectivity index (χ2n) is 5.07. The third-order valence-corrected chi connectivity index (χ3v) is 3.64. The Morgan fingerprint density at radius 2 is 2.44 bits per heavy atom. The molecule has 0 saturated carbocycles. The van der Waals surface area contributed by atoms with Gasteiger partial charge in [-0.3, -0.25) is 9.78 Å². The number of rotatable bonds is 3. The molecule has 2 heterocycles. The number of hydrogen-bond donors (Lipinski definition) is 2. The molecule has 0 spiro atoms. The van der Waals surface area contributed by atoms with Crippen LogP contribution in [0, 0.1) is 12.8 Å². The molecule has 1 aliphatic heterocycles. The third-order valence-electron chi connectivity index (χ3n) is 3.64. The van der Waals surface area contributed by atoms with Crippen LogP contribution in [0.3, 0.4) is 0 Å². The second kappa shape index (κ2) is 5.96. The first-order valence-corrected chi connectivity index (χ1v) is 6.59. The van der Waals surface area contributed by atoms with Crippen LogP contribution in [0.4, 0.5) is 0 Å². The molecule has 1 fully saturated rings. The van der Waals surface area contributed by atoms with Crippen LogP contribution in [-0.2, 0) is 11.3 Å². The van der Waals surface area contributed by atoms with E-state index in [2.05, 4.69) is 22.5 Å². The van der Waals surface area contributed by atoms with E-state index < -0.39 is 0 Å². The highest BCUT2D eigenvalue weighted by molar-refractivity contribution is 5.82. The zero-order valence-corrected chi connectivity index (χ0v) is 11.1. The number of piperidine rings is 1. The summed E-state index contributed by atoms with van der Waals surface area (Å²) in [5.41, 5.74) is 2.24. The van der Waals surface area contributed by atoms with Crippen molar-refractivity contribution in [1.29, 1.82) is 0 Å². The van der Waals surface area contributed by atoms with E-state index in [9.17, 15) is 4.79 Å². The summed E-state index contributed by atoms with van der Waals surface area (Å²) >= 11 is 0. The molecule has 2 unspecified atom stereocenters. The molecule has 0 aliphatic carbocycles. The topological polar surface area (TPSA) is 54.0 Å². The molecule has 1 saturated heterocycles. The van der Waals surface area contributed by atoms with Crippen LogP contribution in [0.2, 0.25) is 0 Å². The lowest BCUT2D eigenvalue weighted by Crippen LogP contribution is -2.50. The van der Waals surface area contributed by atoms with Crippen LogP contribution >= 0.6 is 0 Å². The molecule has 2 N–H and O–H groups in total. The van der Waals surface area contributed by atoms with Gasteiger partial charge in [0.25, 0.3) is 0 Å². The summed E-state index contributed by atoms with van der Waals surface area (Å²) in [6.45, 7) is 5.67. The van der Waals surface area contributed by atoms with Crippen LogP contribution in [-0.4, -0.2) is 23.5 Å². The van der Waals surface area contributed by atoms with E-state index in [1.54, 1.807) is 6.20 Å². The zero-order chi connectivity index (χ0) is 13.0. The van der Waals surface area contributed by atoms with Gasteiger partial charge in [0.2, 0.25) is 5.91 Å². The predicted octanol–water partition coefficient (Wildman–Crippen LogP) is 1.39. The van der Waals surface area contributed by atoms with Gasteiger partial charge in [0.05, 0.1) is 6.04 Å². The Kier molecular flexibility index (Phi) is 4.31. The van der Waals surface area contributed by atoms with Crippen LogP contribution in [0.1, 0.15) is 30.9 Å². The Labute approximate surface area is 108 Å². The summed E-state index contributed by atoms with van der Waals surface area (Å²) in [7, 11) is 0. The van der Waals surface area contributed by atoms with Crippen LogP contribution < -0.4 is 10.6 Å². The molecule has 0 aromatic carbocycles. The van der Waals surface area contributed by atoms with Gasteiger partial charge in [-0.2, -0.15) is 0 Å². The highest BCUT2D eigenvalue weighted by atomic mass is 16.2. The quantitative estimate of drug-likeness (QED) is 0.849. The first-order chi connectivity index (χ1) is 8.68. The first kappa shape index (κ1) is 13.0. The van der Waals surface area contributed by atoms with E-state index >= 15 is 0 Å². The minimum absolute atomic E-state index is 0.0408. The van der Waals surface area contributed by atoms with E-state index in [1.807, 2.05) is 19.2 Å². The van der Waals surface area contributed by atoms with E-state index in [0.717, 1.165) is 30.5 Å². The van der Waals surface area contributed by atoms with Crippen molar-refractivity contribution in [3.8, 4) is 0 Å². The number of nitrogens with one attached hydrogen (secondary N) is 2. The van der Waals surface area contributed by atoms with Gasteiger partial charge in [0.1, 0.15) is 0 Å². The van der Waals surface area contributed by atoms with Gasteiger partial charge < -0.3 is 10.6 Å². The highest BCUT2D eigenvalue weighted by Gasteiger charge is 2.26. The fourth-order valence-electron chi connectivity index (χ4n) is 2.39. The van der Waals surface area contributed by atoms with Gasteiger partial charge in [-0.15, -0.1) is 0 Å². The van der Waals surface area contributed by atoms with E-state index in [-0.39, 0.29) is 11.9 Å². The predicted molar refractivity (Wildman–Crippen MR) is 71.0 cm³/mol. The largest absolute Gasteiger partial charge is 0.351 e. The van der Waals surface area contributed by atoms with Gasteiger partial charge in [-0.1, -0.05) is 6.92 Å².